The van der Waals surface area contributed by atoms with Gasteiger partial charge in [-0.3, -0.25) is 4.79 Å². The summed E-state index contributed by atoms with van der Waals surface area (Å²) in [5.41, 5.74) is 1.59. The monoisotopic (exact) mass is 357 g/mol. The van der Waals surface area contributed by atoms with Crippen molar-refractivity contribution in [3.05, 3.63) is 47.0 Å². The molecule has 0 spiro atoms. The lowest BCUT2D eigenvalue weighted by Crippen LogP contribution is -2.52. The van der Waals surface area contributed by atoms with Crippen LogP contribution in [0.3, 0.4) is 0 Å². The number of nitrogens with one attached hydrogen (secondary N) is 1. The minimum Gasteiger partial charge on any atom is -0.480 e. The minimum absolute atomic E-state index is 0.286. The van der Waals surface area contributed by atoms with E-state index < -0.39 is 17.4 Å². The van der Waals surface area contributed by atoms with Gasteiger partial charge in [-0.05, 0) is 56.4 Å². The van der Waals surface area contributed by atoms with Gasteiger partial charge in [0.15, 0.2) is 5.69 Å². The largest absolute Gasteiger partial charge is 0.480 e. The van der Waals surface area contributed by atoms with Crippen LogP contribution >= 0.6 is 0 Å². The highest BCUT2D eigenvalue weighted by Crippen LogP contribution is 2.32. The van der Waals surface area contributed by atoms with Crippen LogP contribution in [0, 0.1) is 5.82 Å². The fraction of sp³-hybridized carbons (Fsp3) is 0.421. The van der Waals surface area contributed by atoms with E-state index in [-0.39, 0.29) is 11.5 Å². The summed E-state index contributed by atoms with van der Waals surface area (Å²) in [4.78, 5) is 24.6. The quantitative estimate of drug-likeness (QED) is 0.881. The molecule has 7 heteroatoms. The van der Waals surface area contributed by atoms with Crippen LogP contribution < -0.4 is 5.32 Å². The van der Waals surface area contributed by atoms with Crippen LogP contribution in [-0.2, 0) is 17.6 Å². The fourth-order valence-corrected chi connectivity index (χ4v) is 4.06. The lowest BCUT2D eigenvalue weighted by Gasteiger charge is -2.24. The van der Waals surface area contributed by atoms with Crippen molar-refractivity contribution in [2.45, 2.75) is 50.5 Å². The SMILES string of the molecule is O=C(NC1(C(=O)O)CCCC1)c1nn(-c2ccc(F)cc2)c2c1CCC2. The molecular formula is C19H20FN3O3. The van der Waals surface area contributed by atoms with Crippen LogP contribution in [0.5, 0.6) is 0 Å². The van der Waals surface area contributed by atoms with Crippen molar-refractivity contribution in [3.8, 4) is 5.69 Å². The van der Waals surface area contributed by atoms with Crippen molar-refractivity contribution in [3.63, 3.8) is 0 Å². The number of hydrogen-bond acceptors (Lipinski definition) is 3. The Labute approximate surface area is 150 Å². The number of benzene rings is 1. The van der Waals surface area contributed by atoms with Crippen molar-refractivity contribution in [2.24, 2.45) is 0 Å². The molecule has 136 valence electrons. The molecule has 2 N–H and O–H groups in total. The zero-order valence-corrected chi connectivity index (χ0v) is 14.3. The first-order valence-corrected chi connectivity index (χ1v) is 8.93. The highest BCUT2D eigenvalue weighted by molar-refractivity contribution is 5.98. The first-order chi connectivity index (χ1) is 12.5. The zero-order chi connectivity index (χ0) is 18.3. The molecule has 1 saturated carbocycles. The Kier molecular flexibility index (Phi) is 4.01. The van der Waals surface area contributed by atoms with Crippen molar-refractivity contribution in [2.75, 3.05) is 0 Å². The van der Waals surface area contributed by atoms with Gasteiger partial charge in [-0.25, -0.2) is 13.9 Å². The number of aromatic nitrogens is 2. The van der Waals surface area contributed by atoms with E-state index in [1.165, 1.54) is 12.1 Å². The molecular weight excluding hydrogens is 337 g/mol. The minimum atomic E-state index is -1.19. The molecule has 0 radical (unpaired) electrons. The van der Waals surface area contributed by atoms with Gasteiger partial charge in [0.2, 0.25) is 0 Å². The maximum atomic E-state index is 13.2. The molecule has 0 unspecified atom stereocenters. The van der Waals surface area contributed by atoms with Crippen LogP contribution in [0.4, 0.5) is 4.39 Å². The second-order valence-electron chi connectivity index (χ2n) is 7.06. The molecule has 1 amide bonds. The molecule has 0 aliphatic heterocycles. The van der Waals surface area contributed by atoms with E-state index in [0.717, 1.165) is 43.4 Å². The van der Waals surface area contributed by atoms with Crippen LogP contribution in [-0.4, -0.2) is 32.3 Å². The second kappa shape index (κ2) is 6.23. The third kappa shape index (κ3) is 2.67. The van der Waals surface area contributed by atoms with Gasteiger partial charge in [0.25, 0.3) is 5.91 Å². The number of carboxylic acids is 1. The summed E-state index contributed by atoms with van der Waals surface area (Å²) >= 11 is 0. The average molecular weight is 357 g/mol. The first-order valence-electron chi connectivity index (χ1n) is 8.93. The van der Waals surface area contributed by atoms with E-state index >= 15 is 0 Å². The van der Waals surface area contributed by atoms with Crippen LogP contribution in [0.15, 0.2) is 24.3 Å². The number of hydrogen-bond donors (Lipinski definition) is 2. The number of halogens is 1. The van der Waals surface area contributed by atoms with Crippen molar-refractivity contribution < 1.29 is 19.1 Å². The van der Waals surface area contributed by atoms with Gasteiger partial charge >= 0.3 is 5.97 Å². The van der Waals surface area contributed by atoms with E-state index in [2.05, 4.69) is 10.4 Å². The molecule has 1 aromatic carbocycles. The summed E-state index contributed by atoms with van der Waals surface area (Å²) < 4.78 is 14.9. The number of carboxylic acid groups (broad SMARTS) is 1. The number of nitrogens with zero attached hydrogens (tertiary/aromatic N) is 2. The van der Waals surface area contributed by atoms with Gasteiger partial charge in [0.05, 0.1) is 5.69 Å². The van der Waals surface area contributed by atoms with E-state index in [1.54, 1.807) is 16.8 Å². The summed E-state index contributed by atoms with van der Waals surface area (Å²) in [6, 6.07) is 5.96. The average Bonchev–Trinajstić information content (AvgIpc) is 3.31. The highest BCUT2D eigenvalue weighted by Gasteiger charge is 2.43. The van der Waals surface area contributed by atoms with Crippen molar-refractivity contribution in [1.29, 1.82) is 0 Å². The molecule has 4 rings (SSSR count). The van der Waals surface area contributed by atoms with Gasteiger partial charge in [-0.2, -0.15) is 5.10 Å². The van der Waals surface area contributed by atoms with Crippen molar-refractivity contribution in [1.82, 2.24) is 15.1 Å². The topological polar surface area (TPSA) is 84.2 Å². The van der Waals surface area contributed by atoms with E-state index in [0.29, 0.717) is 18.5 Å². The normalized spacial score (nSPS) is 17.9. The number of carbonyl (C=O) groups excluding carboxylic acids is 1. The third-order valence-corrected chi connectivity index (χ3v) is 5.44. The first kappa shape index (κ1) is 16.8. The molecule has 0 saturated heterocycles. The molecule has 1 heterocycles. The molecule has 0 atom stereocenters. The van der Waals surface area contributed by atoms with E-state index in [4.69, 9.17) is 0 Å². The summed E-state index contributed by atoms with van der Waals surface area (Å²) in [5, 5.41) is 16.8. The van der Waals surface area contributed by atoms with Crippen LogP contribution in [0.25, 0.3) is 5.69 Å². The molecule has 2 aliphatic carbocycles. The fourth-order valence-electron chi connectivity index (χ4n) is 4.06. The highest BCUT2D eigenvalue weighted by atomic mass is 19.1. The Hall–Kier alpha value is -2.70. The van der Waals surface area contributed by atoms with Crippen molar-refractivity contribution >= 4 is 11.9 Å². The number of fused-ring (bicyclic) bond motifs is 1. The standard InChI is InChI=1S/C19H20FN3O3/c20-12-6-8-13(9-7-12)23-15-5-3-4-14(15)16(22-23)17(24)21-19(18(25)26)10-1-2-11-19/h6-9H,1-5,10-11H2,(H,21,24)(H,25,26). The molecule has 6 nitrogen and oxygen atoms in total. The summed E-state index contributed by atoms with van der Waals surface area (Å²) in [5.74, 6) is -1.76. The second-order valence-corrected chi connectivity index (χ2v) is 7.06. The molecule has 1 fully saturated rings. The van der Waals surface area contributed by atoms with Crippen LogP contribution in [0.2, 0.25) is 0 Å². The Morgan fingerprint density at radius 1 is 1.12 bits per heavy atom. The maximum Gasteiger partial charge on any atom is 0.329 e. The van der Waals surface area contributed by atoms with Crippen LogP contribution in [0.1, 0.15) is 53.8 Å². The predicted octanol–water partition coefficient (Wildman–Crippen LogP) is 2.63. The lowest BCUT2D eigenvalue weighted by molar-refractivity contribution is -0.144. The number of carbonyl (C=O) groups is 2. The Bertz CT molecular complexity index is 867. The van der Waals surface area contributed by atoms with Gasteiger partial charge in [-0.15, -0.1) is 0 Å². The van der Waals surface area contributed by atoms with Gasteiger partial charge < -0.3 is 10.4 Å². The molecule has 2 aliphatic rings. The van der Waals surface area contributed by atoms with E-state index in [1.807, 2.05) is 0 Å². The Morgan fingerprint density at radius 2 is 1.81 bits per heavy atom. The summed E-state index contributed by atoms with van der Waals surface area (Å²) in [6.45, 7) is 0. The smallest absolute Gasteiger partial charge is 0.329 e. The zero-order valence-electron chi connectivity index (χ0n) is 14.3. The van der Waals surface area contributed by atoms with Gasteiger partial charge in [-0.1, -0.05) is 12.8 Å². The number of amides is 1. The van der Waals surface area contributed by atoms with Gasteiger partial charge in [0.1, 0.15) is 11.4 Å². The van der Waals surface area contributed by atoms with Gasteiger partial charge in [0, 0.05) is 11.3 Å². The Morgan fingerprint density at radius 3 is 2.46 bits per heavy atom. The number of aliphatic carboxylic acids is 1. The molecule has 1 aromatic heterocycles. The maximum absolute atomic E-state index is 13.2. The number of rotatable bonds is 4. The Balaban J connectivity index is 1.69. The molecule has 0 bridgehead atoms. The lowest BCUT2D eigenvalue weighted by atomic mass is 9.97. The van der Waals surface area contributed by atoms with E-state index in [9.17, 15) is 19.1 Å². The predicted molar refractivity (Wildman–Crippen MR) is 91.8 cm³/mol. The summed E-state index contributed by atoms with van der Waals surface area (Å²) in [7, 11) is 0. The summed E-state index contributed by atoms with van der Waals surface area (Å²) in [6.07, 6.45) is 4.89. The molecule has 26 heavy (non-hydrogen) atoms. The third-order valence-electron chi connectivity index (χ3n) is 5.44. The molecule has 2 aromatic rings.